The van der Waals surface area contributed by atoms with E-state index in [0.717, 1.165) is 30.5 Å². The van der Waals surface area contributed by atoms with Crippen molar-refractivity contribution >= 4 is 5.82 Å². The highest BCUT2D eigenvalue weighted by atomic mass is 15.2. The van der Waals surface area contributed by atoms with E-state index in [0.29, 0.717) is 0 Å². The maximum Gasteiger partial charge on any atom is 0.128 e. The van der Waals surface area contributed by atoms with Crippen molar-refractivity contribution < 1.29 is 0 Å². The van der Waals surface area contributed by atoms with Crippen molar-refractivity contribution in [3.8, 4) is 0 Å². The Hall–Kier alpha value is -1.09. The van der Waals surface area contributed by atoms with Gasteiger partial charge in [-0.3, -0.25) is 0 Å². The highest BCUT2D eigenvalue weighted by Gasteiger charge is 2.10. The van der Waals surface area contributed by atoms with E-state index in [1.807, 2.05) is 0 Å². The Kier molecular flexibility index (Phi) is 5.80. The molecule has 1 aromatic heterocycles. The average Bonchev–Trinajstić information content (AvgIpc) is 2.33. The van der Waals surface area contributed by atoms with Gasteiger partial charge in [0.1, 0.15) is 5.82 Å². The lowest BCUT2D eigenvalue weighted by atomic mass is 10.1. The van der Waals surface area contributed by atoms with Crippen LogP contribution in [0.15, 0.2) is 18.2 Å². The second-order valence-electron chi connectivity index (χ2n) is 6.69. The third kappa shape index (κ3) is 6.58. The second kappa shape index (κ2) is 6.90. The lowest BCUT2D eigenvalue weighted by Gasteiger charge is -2.22. The summed E-state index contributed by atoms with van der Waals surface area (Å²) in [5.74, 6) is 1.79. The summed E-state index contributed by atoms with van der Waals surface area (Å²) in [6, 6.07) is 6.26. The van der Waals surface area contributed by atoms with Crippen LogP contribution in [0.2, 0.25) is 0 Å². The summed E-state index contributed by atoms with van der Waals surface area (Å²) in [6.07, 6.45) is 1.20. The summed E-state index contributed by atoms with van der Waals surface area (Å²) in [5.41, 5.74) is 1.23. The van der Waals surface area contributed by atoms with Gasteiger partial charge in [0, 0.05) is 25.7 Å². The lowest BCUT2D eigenvalue weighted by molar-refractivity contribution is 0.421. The molecule has 1 heterocycles. The Morgan fingerprint density at radius 2 is 1.95 bits per heavy atom. The van der Waals surface area contributed by atoms with Crippen LogP contribution in [-0.2, 0) is 6.54 Å². The first-order valence-electron chi connectivity index (χ1n) is 7.20. The minimum Gasteiger partial charge on any atom is -0.360 e. The minimum absolute atomic E-state index is 0.126. The zero-order valence-electron chi connectivity index (χ0n) is 13.3. The maximum absolute atomic E-state index is 4.72. The molecule has 0 saturated heterocycles. The fourth-order valence-corrected chi connectivity index (χ4v) is 1.70. The molecule has 0 amide bonds. The van der Waals surface area contributed by atoms with Gasteiger partial charge in [-0.2, -0.15) is 0 Å². The predicted octanol–water partition coefficient (Wildman–Crippen LogP) is 3.45. The molecule has 0 aromatic carbocycles. The van der Waals surface area contributed by atoms with E-state index < -0.39 is 0 Å². The first-order valence-corrected chi connectivity index (χ1v) is 7.20. The first kappa shape index (κ1) is 16.0. The average molecular weight is 263 g/mol. The number of nitrogens with zero attached hydrogens (tertiary/aromatic N) is 2. The normalized spacial score (nSPS) is 11.9. The number of hydrogen-bond acceptors (Lipinski definition) is 3. The van der Waals surface area contributed by atoms with E-state index in [1.165, 1.54) is 6.42 Å². The van der Waals surface area contributed by atoms with Crippen LogP contribution in [0.3, 0.4) is 0 Å². The number of hydrogen-bond donors (Lipinski definition) is 1. The maximum atomic E-state index is 4.72. The molecule has 1 rings (SSSR count). The van der Waals surface area contributed by atoms with Gasteiger partial charge < -0.3 is 10.2 Å². The van der Waals surface area contributed by atoms with Crippen LogP contribution in [0.5, 0.6) is 0 Å². The largest absolute Gasteiger partial charge is 0.360 e. The van der Waals surface area contributed by atoms with Gasteiger partial charge in [-0.25, -0.2) is 4.98 Å². The summed E-state index contributed by atoms with van der Waals surface area (Å²) < 4.78 is 0. The Morgan fingerprint density at radius 3 is 2.53 bits per heavy atom. The quantitative estimate of drug-likeness (QED) is 0.852. The molecule has 0 unspecified atom stereocenters. The van der Waals surface area contributed by atoms with E-state index >= 15 is 0 Å². The third-order valence-electron chi connectivity index (χ3n) is 3.02. The standard InChI is InChI=1S/C16H29N3/c1-13(2)10-11-19(6)15-9-7-8-14(18-15)12-17-16(3,4)5/h7-9,13,17H,10-12H2,1-6H3. The molecule has 0 aliphatic carbocycles. The Morgan fingerprint density at radius 1 is 1.26 bits per heavy atom. The highest BCUT2D eigenvalue weighted by molar-refractivity contribution is 5.38. The van der Waals surface area contributed by atoms with Gasteiger partial charge in [0.05, 0.1) is 5.69 Å². The van der Waals surface area contributed by atoms with Gasteiger partial charge in [-0.05, 0) is 45.2 Å². The Labute approximate surface area is 118 Å². The van der Waals surface area contributed by atoms with Crippen LogP contribution in [0, 0.1) is 5.92 Å². The molecule has 3 heteroatoms. The van der Waals surface area contributed by atoms with Gasteiger partial charge in [0.15, 0.2) is 0 Å². The summed E-state index contributed by atoms with van der Waals surface area (Å²) in [7, 11) is 2.12. The fourth-order valence-electron chi connectivity index (χ4n) is 1.70. The fraction of sp³-hybridized carbons (Fsp3) is 0.688. The molecule has 0 bridgehead atoms. The van der Waals surface area contributed by atoms with Crippen LogP contribution >= 0.6 is 0 Å². The van der Waals surface area contributed by atoms with E-state index in [1.54, 1.807) is 0 Å². The summed E-state index contributed by atoms with van der Waals surface area (Å²) in [5, 5.41) is 3.47. The zero-order chi connectivity index (χ0) is 14.5. The van der Waals surface area contributed by atoms with E-state index in [4.69, 9.17) is 4.98 Å². The van der Waals surface area contributed by atoms with Gasteiger partial charge in [-0.1, -0.05) is 19.9 Å². The van der Waals surface area contributed by atoms with E-state index in [-0.39, 0.29) is 5.54 Å². The van der Waals surface area contributed by atoms with Gasteiger partial charge in [-0.15, -0.1) is 0 Å². The monoisotopic (exact) mass is 263 g/mol. The van der Waals surface area contributed by atoms with Gasteiger partial charge in [0.25, 0.3) is 0 Å². The molecule has 3 nitrogen and oxygen atoms in total. The van der Waals surface area contributed by atoms with Crippen LogP contribution in [-0.4, -0.2) is 24.1 Å². The smallest absolute Gasteiger partial charge is 0.128 e. The molecule has 0 atom stereocenters. The molecular weight excluding hydrogens is 234 g/mol. The molecule has 0 aliphatic rings. The molecule has 1 N–H and O–H groups in total. The molecule has 0 fully saturated rings. The van der Waals surface area contributed by atoms with Crippen molar-refractivity contribution in [1.82, 2.24) is 10.3 Å². The second-order valence-corrected chi connectivity index (χ2v) is 6.69. The van der Waals surface area contributed by atoms with Crippen LogP contribution in [0.25, 0.3) is 0 Å². The number of aromatic nitrogens is 1. The van der Waals surface area contributed by atoms with E-state index in [9.17, 15) is 0 Å². The first-order chi connectivity index (χ1) is 8.78. The van der Waals surface area contributed by atoms with Crippen molar-refractivity contribution in [3.05, 3.63) is 23.9 Å². The molecule has 0 aliphatic heterocycles. The van der Waals surface area contributed by atoms with Crippen molar-refractivity contribution in [2.45, 2.75) is 53.1 Å². The van der Waals surface area contributed by atoms with Crippen molar-refractivity contribution in [1.29, 1.82) is 0 Å². The Bertz CT molecular complexity index is 380. The number of nitrogens with one attached hydrogen (secondary N) is 1. The number of pyridine rings is 1. The molecular formula is C16H29N3. The van der Waals surface area contributed by atoms with Crippen molar-refractivity contribution in [2.24, 2.45) is 5.92 Å². The lowest BCUT2D eigenvalue weighted by Crippen LogP contribution is -2.35. The molecule has 1 aromatic rings. The van der Waals surface area contributed by atoms with Crippen LogP contribution < -0.4 is 10.2 Å². The minimum atomic E-state index is 0.126. The van der Waals surface area contributed by atoms with Crippen molar-refractivity contribution in [2.75, 3.05) is 18.5 Å². The number of rotatable bonds is 6. The van der Waals surface area contributed by atoms with E-state index in [2.05, 4.69) is 70.1 Å². The van der Waals surface area contributed by atoms with Crippen molar-refractivity contribution in [3.63, 3.8) is 0 Å². The van der Waals surface area contributed by atoms with Gasteiger partial charge in [0.2, 0.25) is 0 Å². The van der Waals surface area contributed by atoms with Gasteiger partial charge >= 0.3 is 0 Å². The molecule has 0 spiro atoms. The summed E-state index contributed by atoms with van der Waals surface area (Å²) in [6.45, 7) is 12.9. The van der Waals surface area contributed by atoms with Crippen LogP contribution in [0.4, 0.5) is 5.82 Å². The number of anilines is 1. The predicted molar refractivity (Wildman–Crippen MR) is 83.6 cm³/mol. The topological polar surface area (TPSA) is 28.2 Å². The molecule has 19 heavy (non-hydrogen) atoms. The van der Waals surface area contributed by atoms with Crippen LogP contribution in [0.1, 0.15) is 46.7 Å². The molecule has 0 saturated carbocycles. The summed E-state index contributed by atoms with van der Waals surface area (Å²) in [4.78, 5) is 6.95. The SMILES string of the molecule is CC(C)CCN(C)c1cccc(CNC(C)(C)C)n1. The highest BCUT2D eigenvalue weighted by Crippen LogP contribution is 2.12. The molecule has 108 valence electrons. The molecule has 0 radical (unpaired) electrons. The summed E-state index contributed by atoms with van der Waals surface area (Å²) >= 11 is 0. The zero-order valence-corrected chi connectivity index (χ0v) is 13.3. The third-order valence-corrected chi connectivity index (χ3v) is 3.02. The Balaban J connectivity index is 2.60.